The van der Waals surface area contributed by atoms with Gasteiger partial charge in [-0.15, -0.1) is 11.3 Å². The molecule has 0 saturated carbocycles. The number of nitrogens with zero attached hydrogens (tertiary/aromatic N) is 2. The highest BCUT2D eigenvalue weighted by atomic mass is 32.1. The molecule has 0 saturated heterocycles. The molecule has 0 bridgehead atoms. The second-order valence-electron chi connectivity index (χ2n) is 6.94. The van der Waals surface area contributed by atoms with Gasteiger partial charge in [0.15, 0.2) is 5.13 Å². The van der Waals surface area contributed by atoms with Crippen molar-refractivity contribution in [2.75, 3.05) is 11.9 Å². The first kappa shape index (κ1) is 21.4. The molecule has 2 N–H and O–H groups in total. The summed E-state index contributed by atoms with van der Waals surface area (Å²) >= 11 is 1.35. The van der Waals surface area contributed by atoms with Crippen LogP contribution in [0.5, 0.6) is 0 Å². The minimum atomic E-state index is -0.266. The third kappa shape index (κ3) is 5.86. The van der Waals surface area contributed by atoms with Gasteiger partial charge in [0.2, 0.25) is 5.91 Å². The van der Waals surface area contributed by atoms with E-state index in [1.807, 2.05) is 30.3 Å². The maximum atomic E-state index is 13.1. The van der Waals surface area contributed by atoms with Crippen molar-refractivity contribution < 1.29 is 18.4 Å². The number of rotatable bonds is 10. The van der Waals surface area contributed by atoms with Gasteiger partial charge in [-0.3, -0.25) is 9.59 Å². The molecule has 0 fully saturated rings. The highest BCUT2D eigenvalue weighted by molar-refractivity contribution is 7.14. The first-order valence-electron chi connectivity index (χ1n) is 10.1. The molecule has 0 unspecified atom stereocenters. The van der Waals surface area contributed by atoms with Crippen LogP contribution in [0, 0.1) is 0 Å². The van der Waals surface area contributed by atoms with Crippen LogP contribution in [0.1, 0.15) is 28.4 Å². The standard InChI is InChI=1S/C23H22N4O4S/c28-21(24-14-18-8-4-12-30-18)10-11-27(15-19-9-5-13-31-19)22(29)20-16-32-23(26-20)25-17-6-2-1-3-7-17/h1-9,12-13,16H,10-11,14-15H2,(H,24,28)(H,25,26). The number of benzene rings is 1. The van der Waals surface area contributed by atoms with Gasteiger partial charge in [-0.05, 0) is 36.4 Å². The lowest BCUT2D eigenvalue weighted by molar-refractivity contribution is -0.121. The number of aromatic nitrogens is 1. The van der Waals surface area contributed by atoms with Crippen LogP contribution in [-0.4, -0.2) is 28.2 Å². The average molecular weight is 451 g/mol. The SMILES string of the molecule is O=C(CCN(Cc1ccco1)C(=O)c1csc(Nc2ccccc2)n1)NCc1ccco1. The van der Waals surface area contributed by atoms with Crippen LogP contribution in [0.25, 0.3) is 0 Å². The van der Waals surface area contributed by atoms with Gasteiger partial charge in [-0.1, -0.05) is 18.2 Å². The van der Waals surface area contributed by atoms with E-state index >= 15 is 0 Å². The molecule has 9 heteroatoms. The molecule has 0 aliphatic heterocycles. The van der Waals surface area contributed by atoms with Gasteiger partial charge >= 0.3 is 0 Å². The Labute approximate surface area is 188 Å². The molecular formula is C23H22N4O4S. The van der Waals surface area contributed by atoms with Gasteiger partial charge in [0.1, 0.15) is 17.2 Å². The van der Waals surface area contributed by atoms with Crippen LogP contribution in [0.4, 0.5) is 10.8 Å². The van der Waals surface area contributed by atoms with Gasteiger partial charge < -0.3 is 24.4 Å². The number of thiazole rings is 1. The number of para-hydroxylation sites is 1. The summed E-state index contributed by atoms with van der Waals surface area (Å²) in [4.78, 5) is 31.4. The largest absolute Gasteiger partial charge is 0.467 e. The Hall–Kier alpha value is -3.85. The molecule has 3 heterocycles. The topological polar surface area (TPSA) is 101 Å². The van der Waals surface area contributed by atoms with Crippen LogP contribution in [0.2, 0.25) is 0 Å². The van der Waals surface area contributed by atoms with E-state index in [0.717, 1.165) is 5.69 Å². The number of furan rings is 2. The van der Waals surface area contributed by atoms with Crippen molar-refractivity contribution in [3.8, 4) is 0 Å². The van der Waals surface area contributed by atoms with Crippen LogP contribution < -0.4 is 10.6 Å². The van der Waals surface area contributed by atoms with Crippen LogP contribution in [0.3, 0.4) is 0 Å². The van der Waals surface area contributed by atoms with Crippen molar-refractivity contribution in [2.45, 2.75) is 19.5 Å². The number of carbonyl (C=O) groups excluding carboxylic acids is 2. The Kier molecular flexibility index (Phi) is 6.98. The number of anilines is 2. The maximum absolute atomic E-state index is 13.1. The Morgan fingerprint density at radius 2 is 1.72 bits per heavy atom. The third-order valence-electron chi connectivity index (χ3n) is 4.61. The predicted octanol–water partition coefficient (Wildman–Crippen LogP) is 4.42. The zero-order valence-corrected chi connectivity index (χ0v) is 18.0. The summed E-state index contributed by atoms with van der Waals surface area (Å²) in [5.41, 5.74) is 1.21. The van der Waals surface area contributed by atoms with E-state index in [1.54, 1.807) is 47.1 Å². The molecule has 1 aromatic carbocycles. The highest BCUT2D eigenvalue weighted by Gasteiger charge is 2.21. The Morgan fingerprint density at radius 1 is 0.969 bits per heavy atom. The van der Waals surface area contributed by atoms with E-state index in [-0.39, 0.29) is 31.3 Å². The van der Waals surface area contributed by atoms with Gasteiger partial charge in [-0.2, -0.15) is 0 Å². The van der Waals surface area contributed by atoms with Crippen molar-refractivity contribution in [3.05, 3.63) is 89.7 Å². The van der Waals surface area contributed by atoms with Gasteiger partial charge in [-0.25, -0.2) is 4.98 Å². The molecule has 0 spiro atoms. The fourth-order valence-electron chi connectivity index (χ4n) is 3.00. The molecule has 0 aliphatic rings. The summed E-state index contributed by atoms with van der Waals surface area (Å²) in [6, 6.07) is 16.7. The summed E-state index contributed by atoms with van der Waals surface area (Å²) < 4.78 is 10.6. The van der Waals surface area contributed by atoms with Crippen molar-refractivity contribution >= 4 is 34.0 Å². The minimum absolute atomic E-state index is 0.145. The molecule has 164 valence electrons. The van der Waals surface area contributed by atoms with Crippen LogP contribution in [0.15, 0.2) is 81.3 Å². The number of amides is 2. The third-order valence-corrected chi connectivity index (χ3v) is 5.37. The lowest BCUT2D eigenvalue weighted by Gasteiger charge is -2.20. The quantitative estimate of drug-likeness (QED) is 0.371. The maximum Gasteiger partial charge on any atom is 0.273 e. The number of nitrogens with one attached hydrogen (secondary N) is 2. The van der Waals surface area contributed by atoms with E-state index in [9.17, 15) is 9.59 Å². The monoisotopic (exact) mass is 450 g/mol. The summed E-state index contributed by atoms with van der Waals surface area (Å²) in [5, 5.41) is 8.31. The fourth-order valence-corrected chi connectivity index (χ4v) is 3.71. The molecule has 0 atom stereocenters. The molecule has 0 radical (unpaired) electrons. The van der Waals surface area contributed by atoms with E-state index in [2.05, 4.69) is 15.6 Å². The Balaban J connectivity index is 1.39. The van der Waals surface area contributed by atoms with Crippen molar-refractivity contribution in [3.63, 3.8) is 0 Å². The Bertz CT molecular complexity index is 1120. The fraction of sp³-hybridized carbons (Fsp3) is 0.174. The van der Waals surface area contributed by atoms with Crippen molar-refractivity contribution in [1.29, 1.82) is 0 Å². The molecule has 3 aromatic heterocycles. The number of hydrogen-bond donors (Lipinski definition) is 2. The van der Waals surface area contributed by atoms with Gasteiger partial charge in [0.25, 0.3) is 5.91 Å². The summed E-state index contributed by atoms with van der Waals surface area (Å²) in [5.74, 6) is 0.857. The van der Waals surface area contributed by atoms with E-state index in [1.165, 1.54) is 11.3 Å². The van der Waals surface area contributed by atoms with E-state index in [0.29, 0.717) is 28.9 Å². The van der Waals surface area contributed by atoms with Crippen LogP contribution in [-0.2, 0) is 17.9 Å². The van der Waals surface area contributed by atoms with Crippen LogP contribution >= 0.6 is 11.3 Å². The lowest BCUT2D eigenvalue weighted by Crippen LogP contribution is -2.35. The lowest BCUT2D eigenvalue weighted by atomic mass is 10.3. The summed E-state index contributed by atoms with van der Waals surface area (Å²) in [6.45, 7) is 0.775. The summed E-state index contributed by atoms with van der Waals surface area (Å²) in [6.07, 6.45) is 3.26. The predicted molar refractivity (Wildman–Crippen MR) is 120 cm³/mol. The molecule has 8 nitrogen and oxygen atoms in total. The number of carbonyl (C=O) groups is 2. The Morgan fingerprint density at radius 3 is 2.44 bits per heavy atom. The first-order chi connectivity index (χ1) is 15.7. The molecule has 4 aromatic rings. The number of hydrogen-bond acceptors (Lipinski definition) is 7. The second-order valence-corrected chi connectivity index (χ2v) is 7.80. The average Bonchev–Trinajstić information content (AvgIpc) is 3.59. The zero-order chi connectivity index (χ0) is 22.2. The molecule has 0 aliphatic carbocycles. The zero-order valence-electron chi connectivity index (χ0n) is 17.2. The first-order valence-corrected chi connectivity index (χ1v) is 10.9. The second kappa shape index (κ2) is 10.5. The van der Waals surface area contributed by atoms with Crippen molar-refractivity contribution in [2.24, 2.45) is 0 Å². The van der Waals surface area contributed by atoms with Gasteiger partial charge in [0.05, 0.1) is 25.6 Å². The smallest absolute Gasteiger partial charge is 0.273 e. The van der Waals surface area contributed by atoms with E-state index < -0.39 is 0 Å². The molecule has 4 rings (SSSR count). The molecular weight excluding hydrogens is 428 g/mol. The normalized spacial score (nSPS) is 10.6. The van der Waals surface area contributed by atoms with Gasteiger partial charge in [0, 0.05) is 24.0 Å². The van der Waals surface area contributed by atoms with E-state index in [4.69, 9.17) is 8.83 Å². The molecule has 32 heavy (non-hydrogen) atoms. The summed E-state index contributed by atoms with van der Waals surface area (Å²) in [7, 11) is 0. The minimum Gasteiger partial charge on any atom is -0.467 e. The van der Waals surface area contributed by atoms with Crippen molar-refractivity contribution in [1.82, 2.24) is 15.2 Å². The molecule has 2 amide bonds. The highest BCUT2D eigenvalue weighted by Crippen LogP contribution is 2.22.